The van der Waals surface area contributed by atoms with Gasteiger partial charge in [0.2, 0.25) is 5.82 Å². The highest BCUT2D eigenvalue weighted by Crippen LogP contribution is 2.30. The van der Waals surface area contributed by atoms with Crippen molar-refractivity contribution in [3.63, 3.8) is 0 Å². The lowest BCUT2D eigenvalue weighted by Crippen LogP contribution is -2.06. The maximum atomic E-state index is 14.1. The van der Waals surface area contributed by atoms with Crippen LogP contribution < -0.4 is 9.47 Å². The molecule has 0 amide bonds. The minimum atomic E-state index is -1.28. The summed E-state index contributed by atoms with van der Waals surface area (Å²) in [7, 11) is 0. The molecule has 2 aromatic carbocycles. The zero-order valence-electron chi connectivity index (χ0n) is 11.2. The fourth-order valence-electron chi connectivity index (χ4n) is 1.75. The van der Waals surface area contributed by atoms with E-state index >= 15 is 0 Å². The summed E-state index contributed by atoms with van der Waals surface area (Å²) in [5, 5.41) is 0. The van der Waals surface area contributed by atoms with Crippen LogP contribution in [0.1, 0.15) is 0 Å². The molecule has 0 aromatic heterocycles. The van der Waals surface area contributed by atoms with Gasteiger partial charge >= 0.3 is 5.97 Å². The highest BCUT2D eigenvalue weighted by molar-refractivity contribution is 5.83. The molecule has 2 aromatic rings. The number of hydrogen-bond donors (Lipinski definition) is 0. The van der Waals surface area contributed by atoms with Crippen LogP contribution in [0.3, 0.4) is 0 Å². The fourth-order valence-corrected chi connectivity index (χ4v) is 1.75. The van der Waals surface area contributed by atoms with Gasteiger partial charge in [-0.25, -0.2) is 9.18 Å². The standard InChI is InChI=1S/C16H10F2O4/c1-2-14(20)22-13-8-7-12(15(17)16(13)18)10-3-5-11(6-4-10)21-9-19/h2-9H,1H2. The third-order valence-electron chi connectivity index (χ3n) is 2.77. The van der Waals surface area contributed by atoms with Gasteiger partial charge < -0.3 is 9.47 Å². The third-order valence-corrected chi connectivity index (χ3v) is 2.77. The number of hydrogen-bond acceptors (Lipinski definition) is 4. The zero-order chi connectivity index (χ0) is 16.1. The van der Waals surface area contributed by atoms with Gasteiger partial charge in [-0.3, -0.25) is 4.79 Å². The van der Waals surface area contributed by atoms with Gasteiger partial charge in [0.15, 0.2) is 11.6 Å². The van der Waals surface area contributed by atoms with Crippen LogP contribution in [0.15, 0.2) is 49.1 Å². The van der Waals surface area contributed by atoms with Gasteiger partial charge in [-0.1, -0.05) is 18.7 Å². The first-order valence-electron chi connectivity index (χ1n) is 6.09. The Kier molecular flexibility index (Phi) is 4.63. The number of carbonyl (C=O) groups excluding carboxylic acids is 2. The molecule has 0 aliphatic carbocycles. The maximum Gasteiger partial charge on any atom is 0.335 e. The average molecular weight is 304 g/mol. The van der Waals surface area contributed by atoms with Crippen LogP contribution in [0.5, 0.6) is 11.5 Å². The molecule has 0 fully saturated rings. The zero-order valence-corrected chi connectivity index (χ0v) is 11.2. The molecule has 0 bridgehead atoms. The summed E-state index contributed by atoms with van der Waals surface area (Å²) in [6.07, 6.45) is 0.844. The summed E-state index contributed by atoms with van der Waals surface area (Å²) < 4.78 is 37.2. The van der Waals surface area contributed by atoms with Crippen molar-refractivity contribution in [3.8, 4) is 22.6 Å². The normalized spacial score (nSPS) is 9.91. The first kappa shape index (κ1) is 15.4. The molecular formula is C16H10F2O4. The van der Waals surface area contributed by atoms with E-state index in [0.29, 0.717) is 5.56 Å². The van der Waals surface area contributed by atoms with E-state index in [1.54, 1.807) is 0 Å². The molecule has 0 N–H and O–H groups in total. The van der Waals surface area contributed by atoms with E-state index in [-0.39, 0.29) is 17.8 Å². The van der Waals surface area contributed by atoms with E-state index in [1.807, 2.05) is 0 Å². The van der Waals surface area contributed by atoms with E-state index in [1.165, 1.54) is 30.3 Å². The maximum absolute atomic E-state index is 14.1. The lowest BCUT2D eigenvalue weighted by Gasteiger charge is -2.08. The summed E-state index contributed by atoms with van der Waals surface area (Å²) in [5.74, 6) is -3.57. The molecule has 0 heterocycles. The van der Waals surface area contributed by atoms with Crippen LogP contribution in [0, 0.1) is 11.6 Å². The van der Waals surface area contributed by atoms with Gasteiger partial charge in [-0.15, -0.1) is 0 Å². The Balaban J connectivity index is 2.36. The monoisotopic (exact) mass is 304 g/mol. The van der Waals surface area contributed by atoms with E-state index in [9.17, 15) is 18.4 Å². The first-order valence-corrected chi connectivity index (χ1v) is 6.09. The lowest BCUT2D eigenvalue weighted by molar-refractivity contribution is -0.129. The van der Waals surface area contributed by atoms with Crippen LogP contribution in [0.4, 0.5) is 8.78 Å². The molecule has 0 aliphatic heterocycles. The van der Waals surface area contributed by atoms with Crippen LogP contribution >= 0.6 is 0 Å². The Morgan fingerprint density at radius 2 is 1.73 bits per heavy atom. The smallest absolute Gasteiger partial charge is 0.335 e. The van der Waals surface area contributed by atoms with Crippen molar-refractivity contribution in [3.05, 3.63) is 60.7 Å². The van der Waals surface area contributed by atoms with E-state index in [4.69, 9.17) is 0 Å². The SMILES string of the molecule is C=CC(=O)Oc1ccc(-c2ccc(OC=O)cc2)c(F)c1F. The van der Waals surface area contributed by atoms with Crippen LogP contribution in [0.2, 0.25) is 0 Å². The molecule has 6 heteroatoms. The Bertz CT molecular complexity index is 724. The number of ether oxygens (including phenoxy) is 2. The quantitative estimate of drug-likeness (QED) is 0.368. The van der Waals surface area contributed by atoms with Gasteiger partial charge in [0.05, 0.1) is 0 Å². The van der Waals surface area contributed by atoms with Crippen molar-refractivity contribution < 1.29 is 27.8 Å². The molecule has 0 saturated heterocycles. The highest BCUT2D eigenvalue weighted by atomic mass is 19.2. The third kappa shape index (κ3) is 3.17. The van der Waals surface area contributed by atoms with Crippen molar-refractivity contribution in [2.24, 2.45) is 0 Å². The summed E-state index contributed by atoms with van der Waals surface area (Å²) in [5.41, 5.74) is 0.352. The molecule has 0 spiro atoms. The second-order valence-corrected chi connectivity index (χ2v) is 4.10. The van der Waals surface area contributed by atoms with Crippen molar-refractivity contribution >= 4 is 12.4 Å². The minimum absolute atomic E-state index is 0.0199. The predicted molar refractivity (Wildman–Crippen MR) is 74.3 cm³/mol. The molecular weight excluding hydrogens is 294 g/mol. The van der Waals surface area contributed by atoms with Gasteiger partial charge in [0, 0.05) is 11.6 Å². The molecule has 0 saturated carbocycles. The summed E-state index contributed by atoms with van der Waals surface area (Å²) in [6.45, 7) is 3.43. The number of esters is 1. The second kappa shape index (κ2) is 6.62. The molecule has 2 rings (SSSR count). The van der Waals surface area contributed by atoms with Crippen LogP contribution in [0.25, 0.3) is 11.1 Å². The topological polar surface area (TPSA) is 52.6 Å². The van der Waals surface area contributed by atoms with Crippen molar-refractivity contribution in [2.45, 2.75) is 0 Å². The first-order chi connectivity index (χ1) is 10.6. The molecule has 112 valence electrons. The Morgan fingerprint density at radius 3 is 2.32 bits per heavy atom. The number of halogens is 2. The highest BCUT2D eigenvalue weighted by Gasteiger charge is 2.17. The number of rotatable bonds is 5. The molecule has 0 atom stereocenters. The average Bonchev–Trinajstić information content (AvgIpc) is 2.53. The fraction of sp³-hybridized carbons (Fsp3) is 0. The molecule has 4 nitrogen and oxygen atoms in total. The largest absolute Gasteiger partial charge is 0.429 e. The second-order valence-electron chi connectivity index (χ2n) is 4.10. The minimum Gasteiger partial charge on any atom is -0.429 e. The van der Waals surface area contributed by atoms with E-state index in [0.717, 1.165) is 12.1 Å². The number of carbonyl (C=O) groups is 2. The summed E-state index contributed by atoms with van der Waals surface area (Å²) in [4.78, 5) is 21.2. The van der Waals surface area contributed by atoms with E-state index < -0.39 is 23.4 Å². The van der Waals surface area contributed by atoms with E-state index in [2.05, 4.69) is 16.1 Å². The summed E-state index contributed by atoms with van der Waals surface area (Å²) in [6, 6.07) is 8.22. The predicted octanol–water partition coefficient (Wildman–Crippen LogP) is 3.26. The Morgan fingerprint density at radius 1 is 1.05 bits per heavy atom. The van der Waals surface area contributed by atoms with Gasteiger partial charge in [-0.05, 0) is 29.8 Å². The molecule has 0 unspecified atom stereocenters. The summed E-state index contributed by atoms with van der Waals surface area (Å²) >= 11 is 0. The molecule has 22 heavy (non-hydrogen) atoms. The number of benzene rings is 2. The Hall–Kier alpha value is -3.02. The van der Waals surface area contributed by atoms with Crippen molar-refractivity contribution in [1.82, 2.24) is 0 Å². The van der Waals surface area contributed by atoms with Crippen molar-refractivity contribution in [2.75, 3.05) is 0 Å². The van der Waals surface area contributed by atoms with Gasteiger partial charge in [0.1, 0.15) is 5.75 Å². The van der Waals surface area contributed by atoms with Crippen LogP contribution in [-0.2, 0) is 9.59 Å². The van der Waals surface area contributed by atoms with Crippen LogP contribution in [-0.4, -0.2) is 12.4 Å². The Labute approximate surface area is 124 Å². The lowest BCUT2D eigenvalue weighted by atomic mass is 10.0. The van der Waals surface area contributed by atoms with Crippen molar-refractivity contribution in [1.29, 1.82) is 0 Å². The molecule has 0 aliphatic rings. The molecule has 0 radical (unpaired) electrons. The van der Waals surface area contributed by atoms with Gasteiger partial charge in [0.25, 0.3) is 6.47 Å². The van der Waals surface area contributed by atoms with Gasteiger partial charge in [-0.2, -0.15) is 4.39 Å².